The van der Waals surface area contributed by atoms with Gasteiger partial charge in [-0.05, 0) is 71.8 Å². The molecule has 0 saturated carbocycles. The molecule has 8 nitrogen and oxygen atoms in total. The van der Waals surface area contributed by atoms with Crippen LogP contribution in [0.3, 0.4) is 0 Å². The molecule has 0 spiro atoms. The Labute approximate surface area is 236 Å². The van der Waals surface area contributed by atoms with Crippen LogP contribution in [-0.4, -0.2) is 74.4 Å². The highest BCUT2D eigenvalue weighted by atomic mass is 16.5. The van der Waals surface area contributed by atoms with Gasteiger partial charge in [0.1, 0.15) is 5.75 Å². The van der Waals surface area contributed by atoms with E-state index >= 15 is 0 Å². The van der Waals surface area contributed by atoms with Crippen molar-refractivity contribution in [1.82, 2.24) is 19.8 Å². The molecule has 2 aromatic heterocycles. The molecule has 3 heterocycles. The van der Waals surface area contributed by atoms with Crippen molar-refractivity contribution >= 4 is 0 Å². The average Bonchev–Trinajstić information content (AvgIpc) is 3.01. The van der Waals surface area contributed by atoms with Crippen LogP contribution < -0.4 is 18.9 Å². The van der Waals surface area contributed by atoms with Crippen LogP contribution in [0, 0.1) is 0 Å². The molecule has 0 bridgehead atoms. The summed E-state index contributed by atoms with van der Waals surface area (Å²) in [6, 6.07) is 20.5. The van der Waals surface area contributed by atoms with E-state index in [2.05, 4.69) is 56.2 Å². The SMILES string of the molecule is COc1ccc(-c2cc(CN3CCN(Cc4ccnc(-c5cc(OC)c(OC)c(OC)c5)c4)CC3)ccn2)cc1. The largest absolute Gasteiger partial charge is 0.497 e. The normalized spacial score (nSPS) is 14.1. The molecule has 2 aromatic carbocycles. The molecule has 1 fully saturated rings. The molecule has 0 radical (unpaired) electrons. The first-order valence-corrected chi connectivity index (χ1v) is 13.4. The molecule has 4 aromatic rings. The maximum Gasteiger partial charge on any atom is 0.203 e. The number of pyridine rings is 2. The third-order valence-electron chi connectivity index (χ3n) is 7.27. The van der Waals surface area contributed by atoms with Gasteiger partial charge in [-0.15, -0.1) is 0 Å². The Bertz CT molecular complexity index is 1390. The van der Waals surface area contributed by atoms with Crippen LogP contribution >= 0.6 is 0 Å². The van der Waals surface area contributed by atoms with Crippen molar-refractivity contribution in [3.63, 3.8) is 0 Å². The van der Waals surface area contributed by atoms with Crippen LogP contribution in [-0.2, 0) is 13.1 Å². The lowest BCUT2D eigenvalue weighted by Gasteiger charge is -2.34. The van der Waals surface area contributed by atoms with E-state index in [4.69, 9.17) is 18.9 Å². The summed E-state index contributed by atoms with van der Waals surface area (Å²) in [6.45, 7) is 5.86. The molecular weight excluding hydrogens is 504 g/mol. The Balaban J connectivity index is 1.20. The van der Waals surface area contributed by atoms with E-state index < -0.39 is 0 Å². The Morgan fingerprint density at radius 1 is 0.575 bits per heavy atom. The Morgan fingerprint density at radius 2 is 1.07 bits per heavy atom. The molecule has 1 aliphatic heterocycles. The quantitative estimate of drug-likeness (QED) is 0.273. The van der Waals surface area contributed by atoms with E-state index in [9.17, 15) is 0 Å². The molecule has 1 saturated heterocycles. The molecule has 40 heavy (non-hydrogen) atoms. The summed E-state index contributed by atoms with van der Waals surface area (Å²) in [4.78, 5) is 14.2. The number of methoxy groups -OCH3 is 4. The molecule has 0 N–H and O–H groups in total. The maximum absolute atomic E-state index is 5.53. The van der Waals surface area contributed by atoms with Gasteiger partial charge in [-0.2, -0.15) is 0 Å². The molecule has 0 unspecified atom stereocenters. The molecule has 5 rings (SSSR count). The monoisotopic (exact) mass is 540 g/mol. The fourth-order valence-electron chi connectivity index (χ4n) is 5.07. The second kappa shape index (κ2) is 12.8. The Morgan fingerprint density at radius 3 is 1.52 bits per heavy atom. The molecular formula is C32H36N4O4. The summed E-state index contributed by atoms with van der Waals surface area (Å²) < 4.78 is 21.8. The van der Waals surface area contributed by atoms with Crippen molar-refractivity contribution in [1.29, 1.82) is 0 Å². The summed E-state index contributed by atoms with van der Waals surface area (Å²) >= 11 is 0. The first-order valence-electron chi connectivity index (χ1n) is 13.4. The molecule has 0 aliphatic carbocycles. The van der Waals surface area contributed by atoms with E-state index in [1.807, 2.05) is 36.7 Å². The molecule has 8 heteroatoms. The highest BCUT2D eigenvalue weighted by molar-refractivity contribution is 5.69. The summed E-state index contributed by atoms with van der Waals surface area (Å²) in [5.41, 5.74) is 6.38. The minimum atomic E-state index is 0.575. The highest BCUT2D eigenvalue weighted by Crippen LogP contribution is 2.40. The average molecular weight is 541 g/mol. The lowest BCUT2D eigenvalue weighted by molar-refractivity contribution is 0.122. The number of hydrogen-bond acceptors (Lipinski definition) is 8. The van der Waals surface area contributed by atoms with Crippen LogP contribution in [0.25, 0.3) is 22.5 Å². The number of rotatable bonds is 10. The van der Waals surface area contributed by atoms with E-state index in [-0.39, 0.29) is 0 Å². The van der Waals surface area contributed by atoms with Gasteiger partial charge in [0.2, 0.25) is 5.75 Å². The summed E-state index contributed by atoms with van der Waals surface area (Å²) in [5, 5.41) is 0. The van der Waals surface area contributed by atoms with Crippen LogP contribution in [0.2, 0.25) is 0 Å². The lowest BCUT2D eigenvalue weighted by atomic mass is 10.1. The van der Waals surface area contributed by atoms with Crippen molar-refractivity contribution in [2.45, 2.75) is 13.1 Å². The Hall–Kier alpha value is -4.14. The van der Waals surface area contributed by atoms with Gasteiger partial charge in [0.05, 0.1) is 39.8 Å². The zero-order valence-corrected chi connectivity index (χ0v) is 23.6. The van der Waals surface area contributed by atoms with Crippen LogP contribution in [0.5, 0.6) is 23.0 Å². The number of piperazine rings is 1. The predicted octanol–water partition coefficient (Wildman–Crippen LogP) is 5.16. The van der Waals surface area contributed by atoms with Gasteiger partial charge < -0.3 is 18.9 Å². The topological polar surface area (TPSA) is 69.2 Å². The molecule has 1 aliphatic rings. The van der Waals surface area contributed by atoms with Crippen molar-refractivity contribution in [2.75, 3.05) is 54.6 Å². The minimum absolute atomic E-state index is 0.575. The minimum Gasteiger partial charge on any atom is -0.497 e. The van der Waals surface area contributed by atoms with Gasteiger partial charge in [-0.3, -0.25) is 19.8 Å². The zero-order chi connectivity index (χ0) is 27.9. The number of benzene rings is 2. The van der Waals surface area contributed by atoms with E-state index in [0.717, 1.165) is 67.5 Å². The van der Waals surface area contributed by atoms with Crippen molar-refractivity contribution in [2.24, 2.45) is 0 Å². The molecule has 0 amide bonds. The second-order valence-corrected chi connectivity index (χ2v) is 9.79. The second-order valence-electron chi connectivity index (χ2n) is 9.79. The fourth-order valence-corrected chi connectivity index (χ4v) is 5.07. The number of nitrogens with zero attached hydrogens (tertiary/aromatic N) is 4. The first kappa shape index (κ1) is 27.4. The van der Waals surface area contributed by atoms with E-state index in [0.29, 0.717) is 17.2 Å². The molecule has 208 valence electrons. The third-order valence-corrected chi connectivity index (χ3v) is 7.27. The zero-order valence-electron chi connectivity index (χ0n) is 23.6. The van der Waals surface area contributed by atoms with Crippen molar-refractivity contribution in [3.8, 4) is 45.5 Å². The van der Waals surface area contributed by atoms with Gasteiger partial charge in [-0.25, -0.2) is 0 Å². The highest BCUT2D eigenvalue weighted by Gasteiger charge is 2.19. The van der Waals surface area contributed by atoms with Crippen LogP contribution in [0.15, 0.2) is 73.1 Å². The van der Waals surface area contributed by atoms with Crippen molar-refractivity contribution in [3.05, 3.63) is 84.2 Å². The van der Waals surface area contributed by atoms with Gasteiger partial charge >= 0.3 is 0 Å². The van der Waals surface area contributed by atoms with Gasteiger partial charge in [-0.1, -0.05) is 0 Å². The van der Waals surface area contributed by atoms with Gasteiger partial charge in [0.15, 0.2) is 11.5 Å². The first-order chi connectivity index (χ1) is 19.6. The summed E-state index contributed by atoms with van der Waals surface area (Å²) in [7, 11) is 6.54. The van der Waals surface area contributed by atoms with E-state index in [1.54, 1.807) is 28.4 Å². The number of aromatic nitrogens is 2. The predicted molar refractivity (Wildman–Crippen MR) is 156 cm³/mol. The standard InChI is InChI=1S/C32H36N4O4/c1-37-27-7-5-25(6-8-27)28-17-23(9-11-33-28)21-35-13-15-36(16-14-35)22-24-10-12-34-29(18-24)26-19-30(38-2)32(40-4)31(20-26)39-3/h5-12,17-20H,13-16,21-22H2,1-4H3. The van der Waals surface area contributed by atoms with Gasteiger partial charge in [0, 0.05) is 62.8 Å². The van der Waals surface area contributed by atoms with Crippen molar-refractivity contribution < 1.29 is 18.9 Å². The lowest BCUT2D eigenvalue weighted by Crippen LogP contribution is -2.45. The van der Waals surface area contributed by atoms with Crippen LogP contribution in [0.1, 0.15) is 11.1 Å². The maximum atomic E-state index is 5.53. The van der Waals surface area contributed by atoms with Crippen LogP contribution in [0.4, 0.5) is 0 Å². The fraction of sp³-hybridized carbons (Fsp3) is 0.312. The molecule has 0 atom stereocenters. The van der Waals surface area contributed by atoms with E-state index in [1.165, 1.54) is 11.1 Å². The summed E-state index contributed by atoms with van der Waals surface area (Å²) in [5.74, 6) is 2.66. The smallest absolute Gasteiger partial charge is 0.203 e. The summed E-state index contributed by atoms with van der Waals surface area (Å²) in [6.07, 6.45) is 3.77. The van der Waals surface area contributed by atoms with Gasteiger partial charge in [0.25, 0.3) is 0 Å². The Kier molecular flexibility index (Phi) is 8.78. The third kappa shape index (κ3) is 6.35. The number of ether oxygens (including phenoxy) is 4. The number of hydrogen-bond donors (Lipinski definition) is 0.